The molecule has 0 N–H and O–H groups in total. The van der Waals surface area contributed by atoms with Crippen LogP contribution < -0.4 is 4.74 Å². The highest BCUT2D eigenvalue weighted by atomic mass is 35.5. The number of halogens is 2. The lowest BCUT2D eigenvalue weighted by molar-refractivity contribution is -0.140. The van der Waals surface area contributed by atoms with Crippen LogP contribution in [0.5, 0.6) is 5.75 Å². The summed E-state index contributed by atoms with van der Waals surface area (Å²) in [6, 6.07) is 5.23. The number of esters is 1. The van der Waals surface area contributed by atoms with Crippen molar-refractivity contribution in [3.8, 4) is 5.75 Å². The minimum atomic E-state index is -0.199. The Bertz CT molecular complexity index is 406. The molecule has 19 heavy (non-hydrogen) atoms. The van der Waals surface area contributed by atoms with Gasteiger partial charge in [0.05, 0.1) is 30.2 Å². The molecule has 3 nitrogen and oxygen atoms in total. The molecule has 0 bridgehead atoms. The van der Waals surface area contributed by atoms with Crippen molar-refractivity contribution in [2.75, 3.05) is 19.5 Å². The number of hydrogen-bond donors (Lipinski definition) is 0. The molecule has 0 fully saturated rings. The van der Waals surface area contributed by atoms with Crippen LogP contribution in [-0.2, 0) is 9.53 Å². The Morgan fingerprint density at radius 3 is 2.58 bits per heavy atom. The van der Waals surface area contributed by atoms with Crippen molar-refractivity contribution < 1.29 is 14.3 Å². The van der Waals surface area contributed by atoms with Gasteiger partial charge in [0, 0.05) is 11.0 Å². The summed E-state index contributed by atoms with van der Waals surface area (Å²) >= 11 is 13.6. The predicted molar refractivity (Wildman–Crippen MR) is 80.5 cm³/mol. The lowest BCUT2D eigenvalue weighted by Crippen LogP contribution is -2.11. The van der Waals surface area contributed by atoms with E-state index in [0.717, 1.165) is 5.75 Å². The predicted octanol–water partition coefficient (Wildman–Crippen LogP) is 4.06. The molecule has 0 radical (unpaired) electrons. The summed E-state index contributed by atoms with van der Waals surface area (Å²) < 4.78 is 10.2. The van der Waals surface area contributed by atoms with E-state index in [1.165, 1.54) is 7.11 Å². The fourth-order valence-corrected chi connectivity index (χ4v) is 2.73. The van der Waals surface area contributed by atoms with E-state index in [0.29, 0.717) is 28.8 Å². The molecule has 0 saturated carbocycles. The summed E-state index contributed by atoms with van der Waals surface area (Å²) in [5.74, 6) is 1.06. The first kappa shape index (κ1) is 16.5. The molecule has 6 heteroatoms. The molecule has 1 rings (SSSR count). The first-order chi connectivity index (χ1) is 9.04. The van der Waals surface area contributed by atoms with Crippen molar-refractivity contribution >= 4 is 40.9 Å². The second-order valence-electron chi connectivity index (χ2n) is 3.86. The first-order valence-corrected chi connectivity index (χ1v) is 7.60. The van der Waals surface area contributed by atoms with Crippen molar-refractivity contribution in [2.45, 2.75) is 18.6 Å². The van der Waals surface area contributed by atoms with E-state index in [-0.39, 0.29) is 11.2 Å². The largest absolute Gasteiger partial charge is 0.490 e. The average Bonchev–Trinajstić information content (AvgIpc) is 2.37. The third kappa shape index (κ3) is 5.93. The van der Waals surface area contributed by atoms with Gasteiger partial charge in [-0.1, -0.05) is 36.2 Å². The van der Waals surface area contributed by atoms with E-state index >= 15 is 0 Å². The molecule has 0 saturated heterocycles. The van der Waals surface area contributed by atoms with E-state index in [9.17, 15) is 4.79 Å². The maximum Gasteiger partial charge on any atom is 0.306 e. The quantitative estimate of drug-likeness (QED) is 0.560. The van der Waals surface area contributed by atoms with Gasteiger partial charge in [0.1, 0.15) is 0 Å². The number of rotatable bonds is 7. The van der Waals surface area contributed by atoms with Crippen molar-refractivity contribution in [2.24, 2.45) is 0 Å². The molecule has 1 unspecified atom stereocenters. The van der Waals surface area contributed by atoms with Crippen LogP contribution >= 0.6 is 35.0 Å². The zero-order valence-electron chi connectivity index (χ0n) is 10.8. The van der Waals surface area contributed by atoms with Gasteiger partial charge in [0.25, 0.3) is 0 Å². The van der Waals surface area contributed by atoms with Gasteiger partial charge in [-0.2, -0.15) is 11.8 Å². The molecule has 0 aromatic heterocycles. The molecule has 0 aliphatic heterocycles. The second-order valence-corrected chi connectivity index (χ2v) is 6.22. The smallest absolute Gasteiger partial charge is 0.306 e. The molecule has 106 valence electrons. The normalized spacial score (nSPS) is 12.0. The molecular weight excluding hydrogens is 307 g/mol. The van der Waals surface area contributed by atoms with E-state index in [1.54, 1.807) is 30.0 Å². The molecule has 1 atom stereocenters. The lowest BCUT2D eigenvalue weighted by Gasteiger charge is -2.12. The molecule has 0 heterocycles. The van der Waals surface area contributed by atoms with Crippen LogP contribution in [0.3, 0.4) is 0 Å². The van der Waals surface area contributed by atoms with Crippen LogP contribution in [0.1, 0.15) is 13.3 Å². The summed E-state index contributed by atoms with van der Waals surface area (Å²) in [7, 11) is 1.39. The van der Waals surface area contributed by atoms with Gasteiger partial charge >= 0.3 is 5.97 Å². The Balaban J connectivity index is 2.29. The Labute approximate surface area is 127 Å². The highest BCUT2D eigenvalue weighted by molar-refractivity contribution is 7.99. The molecule has 1 aromatic rings. The molecular formula is C13H16Cl2O3S. The molecule has 1 aromatic carbocycles. The average molecular weight is 323 g/mol. The fourth-order valence-electron chi connectivity index (χ4n) is 1.39. The van der Waals surface area contributed by atoms with E-state index < -0.39 is 0 Å². The Hall–Kier alpha value is -0.580. The summed E-state index contributed by atoms with van der Waals surface area (Å²) in [6.07, 6.45) is 0.397. The zero-order valence-corrected chi connectivity index (χ0v) is 13.1. The summed E-state index contributed by atoms with van der Waals surface area (Å²) in [5.41, 5.74) is 0. The minimum absolute atomic E-state index is 0.192. The number of benzene rings is 1. The fraction of sp³-hybridized carbons (Fsp3) is 0.462. The molecule has 0 amide bonds. The van der Waals surface area contributed by atoms with Gasteiger partial charge in [-0.15, -0.1) is 0 Å². The Kier molecular flexibility index (Phi) is 7.42. The van der Waals surface area contributed by atoms with Crippen molar-refractivity contribution in [3.05, 3.63) is 28.2 Å². The lowest BCUT2D eigenvalue weighted by atomic mass is 10.3. The van der Waals surface area contributed by atoms with Gasteiger partial charge < -0.3 is 9.47 Å². The van der Waals surface area contributed by atoms with Crippen molar-refractivity contribution in [1.82, 2.24) is 0 Å². The van der Waals surface area contributed by atoms with Crippen molar-refractivity contribution in [3.63, 3.8) is 0 Å². The van der Waals surface area contributed by atoms with E-state index in [1.807, 2.05) is 6.92 Å². The number of carbonyl (C=O) groups excluding carboxylic acids is 1. The minimum Gasteiger partial charge on any atom is -0.490 e. The molecule has 0 aliphatic carbocycles. The second kappa shape index (κ2) is 8.56. The summed E-state index contributed by atoms with van der Waals surface area (Å²) in [6.45, 7) is 2.46. The van der Waals surface area contributed by atoms with E-state index in [2.05, 4.69) is 4.74 Å². The molecule has 0 spiro atoms. The van der Waals surface area contributed by atoms with Gasteiger partial charge in [0.15, 0.2) is 5.75 Å². The Morgan fingerprint density at radius 1 is 1.37 bits per heavy atom. The van der Waals surface area contributed by atoms with Gasteiger partial charge in [-0.3, -0.25) is 4.79 Å². The highest BCUT2D eigenvalue weighted by Crippen LogP contribution is 2.32. The SMILES string of the molecule is COC(=O)CC(C)SCCOc1c(Cl)cccc1Cl. The molecule has 0 aliphatic rings. The summed E-state index contributed by atoms with van der Waals surface area (Å²) in [4.78, 5) is 11.1. The highest BCUT2D eigenvalue weighted by Gasteiger charge is 2.10. The number of carbonyl (C=O) groups is 1. The zero-order chi connectivity index (χ0) is 14.3. The van der Waals surface area contributed by atoms with Crippen LogP contribution in [0.2, 0.25) is 10.0 Å². The number of thioether (sulfide) groups is 1. The van der Waals surface area contributed by atoms with Crippen LogP contribution in [0.25, 0.3) is 0 Å². The van der Waals surface area contributed by atoms with E-state index in [4.69, 9.17) is 27.9 Å². The number of ether oxygens (including phenoxy) is 2. The first-order valence-electron chi connectivity index (χ1n) is 5.79. The van der Waals surface area contributed by atoms with Gasteiger partial charge in [-0.25, -0.2) is 0 Å². The number of para-hydroxylation sites is 1. The third-order valence-corrected chi connectivity index (χ3v) is 4.07. The van der Waals surface area contributed by atoms with Crippen molar-refractivity contribution in [1.29, 1.82) is 0 Å². The Morgan fingerprint density at radius 2 is 2.00 bits per heavy atom. The topological polar surface area (TPSA) is 35.5 Å². The van der Waals surface area contributed by atoms with Gasteiger partial charge in [0.2, 0.25) is 0 Å². The third-order valence-electron chi connectivity index (χ3n) is 2.33. The van der Waals surface area contributed by atoms with Crippen LogP contribution in [0.4, 0.5) is 0 Å². The van der Waals surface area contributed by atoms with Crippen LogP contribution in [-0.4, -0.2) is 30.7 Å². The van der Waals surface area contributed by atoms with Crippen LogP contribution in [0, 0.1) is 0 Å². The standard InChI is InChI=1S/C13H16Cl2O3S/c1-9(8-12(16)17-2)19-7-6-18-13-10(14)4-3-5-11(13)15/h3-5,9H,6-8H2,1-2H3. The van der Waals surface area contributed by atoms with Crippen LogP contribution in [0.15, 0.2) is 18.2 Å². The summed E-state index contributed by atoms with van der Waals surface area (Å²) in [5, 5.41) is 1.19. The number of methoxy groups -OCH3 is 1. The monoisotopic (exact) mass is 322 g/mol. The van der Waals surface area contributed by atoms with Gasteiger partial charge in [-0.05, 0) is 12.1 Å². The number of hydrogen-bond acceptors (Lipinski definition) is 4. The maximum atomic E-state index is 11.1. The maximum absolute atomic E-state index is 11.1.